The van der Waals surface area contributed by atoms with Gasteiger partial charge in [-0.1, -0.05) is 12.1 Å². The van der Waals surface area contributed by atoms with E-state index >= 15 is 0 Å². The zero-order valence-corrected chi connectivity index (χ0v) is 16.0. The summed E-state index contributed by atoms with van der Waals surface area (Å²) >= 11 is 1.39. The van der Waals surface area contributed by atoms with Gasteiger partial charge in [0.2, 0.25) is 5.91 Å². The number of aryl methyl sites for hydroxylation is 1. The highest BCUT2D eigenvalue weighted by molar-refractivity contribution is 7.16. The van der Waals surface area contributed by atoms with Gasteiger partial charge in [-0.15, -0.1) is 11.3 Å². The Morgan fingerprint density at radius 3 is 2.36 bits per heavy atom. The summed E-state index contributed by atoms with van der Waals surface area (Å²) in [5, 5.41) is 3.39. The molecule has 1 aromatic heterocycles. The molecule has 0 aliphatic carbocycles. The lowest BCUT2D eigenvalue weighted by Gasteiger charge is -2.10. The van der Waals surface area contributed by atoms with E-state index in [-0.39, 0.29) is 18.4 Å². The molecule has 0 saturated carbocycles. The van der Waals surface area contributed by atoms with Gasteiger partial charge >= 0.3 is 5.97 Å². The highest BCUT2D eigenvalue weighted by atomic mass is 32.1. The average molecular weight is 361 g/mol. The third-order valence-electron chi connectivity index (χ3n) is 3.71. The number of anilines is 1. The Hall–Kier alpha value is -2.34. The average Bonchev–Trinajstić information content (AvgIpc) is 2.81. The Labute approximate surface area is 152 Å². The summed E-state index contributed by atoms with van der Waals surface area (Å²) in [7, 11) is 1.60. The second-order valence-electron chi connectivity index (χ2n) is 6.01. The highest BCUT2D eigenvalue weighted by Crippen LogP contribution is 2.33. The number of esters is 1. The number of hydrogen-bond acceptors (Lipinski definition) is 5. The lowest BCUT2D eigenvalue weighted by atomic mass is 10.1. The van der Waals surface area contributed by atoms with Gasteiger partial charge in [-0.25, -0.2) is 4.79 Å². The lowest BCUT2D eigenvalue weighted by Crippen LogP contribution is -2.18. The van der Waals surface area contributed by atoms with Crippen molar-refractivity contribution >= 4 is 28.2 Å². The van der Waals surface area contributed by atoms with Crippen LogP contribution in [0.25, 0.3) is 0 Å². The number of methoxy groups -OCH3 is 1. The molecule has 0 saturated heterocycles. The van der Waals surface area contributed by atoms with Crippen LogP contribution in [0.4, 0.5) is 5.00 Å². The summed E-state index contributed by atoms with van der Waals surface area (Å²) in [6.07, 6.45) is 0.00789. The van der Waals surface area contributed by atoms with Gasteiger partial charge in [-0.2, -0.15) is 0 Å². The van der Waals surface area contributed by atoms with Crippen molar-refractivity contribution in [2.24, 2.45) is 0 Å². The second-order valence-corrected chi connectivity index (χ2v) is 7.24. The van der Waals surface area contributed by atoms with Crippen molar-refractivity contribution in [1.29, 1.82) is 0 Å². The topological polar surface area (TPSA) is 64.6 Å². The molecule has 1 aromatic carbocycles. The molecule has 1 heterocycles. The second kappa shape index (κ2) is 8.16. The fourth-order valence-corrected chi connectivity index (χ4v) is 3.40. The molecular formula is C19H23NO4S. The minimum atomic E-state index is -0.406. The number of ether oxygens (including phenoxy) is 2. The van der Waals surface area contributed by atoms with E-state index in [4.69, 9.17) is 9.47 Å². The fourth-order valence-electron chi connectivity index (χ4n) is 2.33. The van der Waals surface area contributed by atoms with Gasteiger partial charge in [0.1, 0.15) is 10.8 Å². The van der Waals surface area contributed by atoms with Crippen molar-refractivity contribution in [2.75, 3.05) is 12.4 Å². The minimum absolute atomic E-state index is 0.176. The number of thiophene rings is 1. The van der Waals surface area contributed by atoms with E-state index in [1.165, 1.54) is 11.3 Å². The van der Waals surface area contributed by atoms with Crippen LogP contribution >= 0.6 is 11.3 Å². The van der Waals surface area contributed by atoms with Crippen LogP contribution in [0.5, 0.6) is 5.75 Å². The van der Waals surface area contributed by atoms with Gasteiger partial charge < -0.3 is 14.8 Å². The van der Waals surface area contributed by atoms with Crippen LogP contribution in [0.3, 0.4) is 0 Å². The van der Waals surface area contributed by atoms with E-state index in [0.717, 1.165) is 21.8 Å². The molecule has 0 fully saturated rings. The molecule has 0 aliphatic heterocycles. The smallest absolute Gasteiger partial charge is 0.341 e. The van der Waals surface area contributed by atoms with E-state index in [9.17, 15) is 9.59 Å². The molecule has 0 radical (unpaired) electrons. The monoisotopic (exact) mass is 361 g/mol. The van der Waals surface area contributed by atoms with Crippen molar-refractivity contribution in [3.8, 4) is 5.75 Å². The van der Waals surface area contributed by atoms with Crippen LogP contribution in [-0.4, -0.2) is 25.1 Å². The lowest BCUT2D eigenvalue weighted by molar-refractivity contribution is -0.115. The first-order chi connectivity index (χ1) is 11.8. The van der Waals surface area contributed by atoms with Crippen molar-refractivity contribution in [3.63, 3.8) is 0 Å². The first kappa shape index (κ1) is 19.0. The maximum absolute atomic E-state index is 12.4. The largest absolute Gasteiger partial charge is 0.497 e. The van der Waals surface area contributed by atoms with E-state index in [1.807, 2.05) is 38.1 Å². The number of nitrogens with one attached hydrogen (secondary N) is 1. The molecule has 2 aromatic rings. The van der Waals surface area contributed by atoms with Crippen molar-refractivity contribution in [2.45, 2.75) is 40.2 Å². The van der Waals surface area contributed by atoms with Crippen LogP contribution in [0.15, 0.2) is 24.3 Å². The Kier molecular flexibility index (Phi) is 6.20. The molecule has 0 unspecified atom stereocenters. The first-order valence-corrected chi connectivity index (χ1v) is 8.87. The molecule has 0 bridgehead atoms. The van der Waals surface area contributed by atoms with Crippen LogP contribution in [-0.2, 0) is 16.0 Å². The molecule has 6 heteroatoms. The quantitative estimate of drug-likeness (QED) is 0.786. The van der Waals surface area contributed by atoms with E-state index in [1.54, 1.807) is 21.0 Å². The molecular weight excluding hydrogens is 338 g/mol. The Morgan fingerprint density at radius 2 is 1.80 bits per heavy atom. The van der Waals surface area contributed by atoms with Crippen LogP contribution in [0.2, 0.25) is 0 Å². The van der Waals surface area contributed by atoms with Gasteiger partial charge in [0, 0.05) is 4.88 Å². The van der Waals surface area contributed by atoms with Gasteiger partial charge in [0.15, 0.2) is 0 Å². The molecule has 25 heavy (non-hydrogen) atoms. The molecule has 0 aliphatic rings. The zero-order chi connectivity index (χ0) is 18.6. The standard InChI is InChI=1S/C19H23NO4S/c1-11(2)24-19(22)17-12(3)13(4)25-18(17)20-16(21)10-14-6-8-15(23-5)9-7-14/h6-9,11H,10H2,1-5H3,(H,20,21). The predicted octanol–water partition coefficient (Wildman–Crippen LogP) is 4.12. The zero-order valence-electron chi connectivity index (χ0n) is 15.1. The number of rotatable bonds is 6. The summed E-state index contributed by atoms with van der Waals surface area (Å²) in [6, 6.07) is 7.31. The van der Waals surface area contributed by atoms with Crippen LogP contribution < -0.4 is 10.1 Å². The third-order valence-corrected chi connectivity index (χ3v) is 4.83. The summed E-state index contributed by atoms with van der Waals surface area (Å²) in [4.78, 5) is 25.7. The minimum Gasteiger partial charge on any atom is -0.497 e. The van der Waals surface area contributed by atoms with Crippen molar-refractivity contribution in [1.82, 2.24) is 0 Å². The van der Waals surface area contributed by atoms with Crippen LogP contribution in [0, 0.1) is 13.8 Å². The molecule has 1 amide bonds. The Morgan fingerprint density at radius 1 is 1.16 bits per heavy atom. The molecule has 0 atom stereocenters. The van der Waals surface area contributed by atoms with Gasteiger partial charge in [-0.05, 0) is 51.0 Å². The summed E-state index contributed by atoms with van der Waals surface area (Å²) in [6.45, 7) is 7.38. The molecule has 2 rings (SSSR count). The molecule has 1 N–H and O–H groups in total. The maximum Gasteiger partial charge on any atom is 0.341 e. The Balaban J connectivity index is 2.14. The molecule has 5 nitrogen and oxygen atoms in total. The normalized spacial score (nSPS) is 10.6. The molecule has 0 spiro atoms. The third kappa shape index (κ3) is 4.82. The maximum atomic E-state index is 12.4. The van der Waals surface area contributed by atoms with Crippen molar-refractivity contribution < 1.29 is 19.1 Å². The van der Waals surface area contributed by atoms with Crippen molar-refractivity contribution in [3.05, 3.63) is 45.8 Å². The first-order valence-electron chi connectivity index (χ1n) is 8.05. The van der Waals surface area contributed by atoms with Gasteiger partial charge in [-0.3, -0.25) is 4.79 Å². The number of benzene rings is 1. The van der Waals surface area contributed by atoms with Gasteiger partial charge in [0.05, 0.1) is 25.2 Å². The summed E-state index contributed by atoms with van der Waals surface area (Å²) in [5.74, 6) is 0.161. The summed E-state index contributed by atoms with van der Waals surface area (Å²) < 4.78 is 10.4. The highest BCUT2D eigenvalue weighted by Gasteiger charge is 2.23. The number of carbonyl (C=O) groups excluding carboxylic acids is 2. The Bertz CT molecular complexity index is 762. The fraction of sp³-hybridized carbons (Fsp3) is 0.368. The number of hydrogen-bond donors (Lipinski definition) is 1. The van der Waals surface area contributed by atoms with E-state index < -0.39 is 5.97 Å². The number of amides is 1. The number of carbonyl (C=O) groups is 2. The van der Waals surface area contributed by atoms with Gasteiger partial charge in [0.25, 0.3) is 0 Å². The molecule has 134 valence electrons. The summed E-state index contributed by atoms with van der Waals surface area (Å²) in [5.41, 5.74) is 2.16. The SMILES string of the molecule is COc1ccc(CC(=O)Nc2sc(C)c(C)c2C(=O)OC(C)C)cc1. The van der Waals surface area contributed by atoms with E-state index in [0.29, 0.717) is 10.6 Å². The van der Waals surface area contributed by atoms with E-state index in [2.05, 4.69) is 5.32 Å². The predicted molar refractivity (Wildman–Crippen MR) is 99.7 cm³/mol. The van der Waals surface area contributed by atoms with Crippen LogP contribution in [0.1, 0.15) is 40.2 Å².